The van der Waals surface area contributed by atoms with Gasteiger partial charge in [-0.1, -0.05) is 53.4 Å². The van der Waals surface area contributed by atoms with Crippen molar-refractivity contribution in [3.05, 3.63) is 0 Å². The van der Waals surface area contributed by atoms with Gasteiger partial charge in [0.25, 0.3) is 0 Å². The minimum Gasteiger partial charge on any atom is -0.316 e. The molecule has 1 nitrogen and oxygen atoms in total. The van der Waals surface area contributed by atoms with Crippen LogP contribution in [0.2, 0.25) is 0 Å². The van der Waals surface area contributed by atoms with Gasteiger partial charge in [0.15, 0.2) is 0 Å². The molecular weight excluding hydrogens is 230 g/mol. The maximum Gasteiger partial charge on any atom is -0.00179 e. The Morgan fingerprint density at radius 2 is 1.79 bits per heavy atom. The summed E-state index contributed by atoms with van der Waals surface area (Å²) in [6, 6.07) is 0. The largest absolute Gasteiger partial charge is 0.316 e. The van der Waals surface area contributed by atoms with E-state index in [0.717, 1.165) is 23.7 Å². The highest BCUT2D eigenvalue weighted by molar-refractivity contribution is 4.81. The van der Waals surface area contributed by atoms with Crippen LogP contribution in [0.1, 0.15) is 79.1 Å². The summed E-state index contributed by atoms with van der Waals surface area (Å²) < 4.78 is 0. The minimum absolute atomic E-state index is 0.871. The summed E-state index contributed by atoms with van der Waals surface area (Å²) in [6.07, 6.45) is 11.5. The normalized spacial score (nSPS) is 27.9. The van der Waals surface area contributed by atoms with E-state index in [1.54, 1.807) is 0 Å². The van der Waals surface area contributed by atoms with Crippen LogP contribution in [0.4, 0.5) is 0 Å². The molecule has 0 aromatic carbocycles. The lowest BCUT2D eigenvalue weighted by Crippen LogP contribution is -2.33. The average molecular weight is 268 g/mol. The molecule has 0 aromatic rings. The van der Waals surface area contributed by atoms with Crippen molar-refractivity contribution in [3.8, 4) is 0 Å². The molecule has 0 saturated heterocycles. The summed E-state index contributed by atoms with van der Waals surface area (Å²) in [5.74, 6) is 3.86. The van der Waals surface area contributed by atoms with Crippen LogP contribution in [0.15, 0.2) is 0 Å². The number of hydrogen-bond acceptors (Lipinski definition) is 1. The van der Waals surface area contributed by atoms with E-state index in [0.29, 0.717) is 0 Å². The average Bonchev–Trinajstić information content (AvgIpc) is 2.39. The predicted octanol–water partition coefficient (Wildman–Crippen LogP) is 5.25. The summed E-state index contributed by atoms with van der Waals surface area (Å²) >= 11 is 0. The second-order valence-electron chi connectivity index (χ2n) is 7.16. The third-order valence-corrected chi connectivity index (χ3v) is 4.89. The minimum atomic E-state index is 0.871. The quantitative estimate of drug-likeness (QED) is 0.562. The highest BCUT2D eigenvalue weighted by Gasteiger charge is 2.29. The zero-order valence-electron chi connectivity index (χ0n) is 13.9. The predicted molar refractivity (Wildman–Crippen MR) is 86.5 cm³/mol. The smallest absolute Gasteiger partial charge is 0.00179 e. The van der Waals surface area contributed by atoms with Gasteiger partial charge in [-0.2, -0.15) is 0 Å². The molecule has 0 amide bonds. The highest BCUT2D eigenvalue weighted by Crippen LogP contribution is 2.38. The van der Waals surface area contributed by atoms with Crippen LogP contribution >= 0.6 is 0 Å². The lowest BCUT2D eigenvalue weighted by atomic mass is 9.70. The zero-order valence-corrected chi connectivity index (χ0v) is 13.9. The van der Waals surface area contributed by atoms with Crippen LogP contribution in [0.3, 0.4) is 0 Å². The second kappa shape index (κ2) is 9.80. The summed E-state index contributed by atoms with van der Waals surface area (Å²) in [6.45, 7) is 11.8. The molecule has 0 aliphatic heterocycles. The van der Waals surface area contributed by atoms with Gasteiger partial charge in [-0.05, 0) is 62.4 Å². The Hall–Kier alpha value is -0.0400. The van der Waals surface area contributed by atoms with Gasteiger partial charge in [0.05, 0.1) is 0 Å². The van der Waals surface area contributed by atoms with Crippen LogP contribution in [-0.2, 0) is 0 Å². The van der Waals surface area contributed by atoms with Crippen molar-refractivity contribution in [2.45, 2.75) is 79.1 Å². The van der Waals surface area contributed by atoms with Crippen molar-refractivity contribution in [3.63, 3.8) is 0 Å². The SMILES string of the molecule is CCCNCC1CCC(CCC)CC1CCC(C)C. The molecule has 0 spiro atoms. The van der Waals surface area contributed by atoms with Crippen molar-refractivity contribution in [1.29, 1.82) is 0 Å². The Labute approximate surface area is 121 Å². The van der Waals surface area contributed by atoms with Crippen molar-refractivity contribution < 1.29 is 0 Å². The first kappa shape index (κ1) is 17.0. The van der Waals surface area contributed by atoms with Gasteiger partial charge in [-0.3, -0.25) is 0 Å². The fraction of sp³-hybridized carbons (Fsp3) is 1.00. The van der Waals surface area contributed by atoms with Gasteiger partial charge in [0.1, 0.15) is 0 Å². The van der Waals surface area contributed by atoms with E-state index < -0.39 is 0 Å². The van der Waals surface area contributed by atoms with Crippen LogP contribution in [0.25, 0.3) is 0 Å². The van der Waals surface area contributed by atoms with E-state index in [-0.39, 0.29) is 0 Å². The summed E-state index contributed by atoms with van der Waals surface area (Å²) in [7, 11) is 0. The Bertz CT molecular complexity index is 212. The van der Waals surface area contributed by atoms with Crippen molar-refractivity contribution in [1.82, 2.24) is 5.32 Å². The fourth-order valence-corrected chi connectivity index (χ4v) is 3.73. The lowest BCUT2D eigenvalue weighted by molar-refractivity contribution is 0.153. The summed E-state index contributed by atoms with van der Waals surface area (Å²) in [5.41, 5.74) is 0. The highest BCUT2D eigenvalue weighted by atomic mass is 14.9. The Morgan fingerprint density at radius 1 is 1.00 bits per heavy atom. The molecule has 1 rings (SSSR count). The molecule has 0 aromatic heterocycles. The molecule has 1 heteroatoms. The van der Waals surface area contributed by atoms with Gasteiger partial charge in [-0.15, -0.1) is 0 Å². The van der Waals surface area contributed by atoms with E-state index in [2.05, 4.69) is 33.0 Å². The molecule has 1 N–H and O–H groups in total. The second-order valence-corrected chi connectivity index (χ2v) is 7.16. The molecule has 3 unspecified atom stereocenters. The maximum absolute atomic E-state index is 3.67. The van der Waals surface area contributed by atoms with Gasteiger partial charge in [0.2, 0.25) is 0 Å². The number of hydrogen-bond donors (Lipinski definition) is 1. The first-order valence-electron chi connectivity index (χ1n) is 8.88. The van der Waals surface area contributed by atoms with Gasteiger partial charge < -0.3 is 5.32 Å². The number of nitrogens with one attached hydrogen (secondary N) is 1. The summed E-state index contributed by atoms with van der Waals surface area (Å²) in [4.78, 5) is 0. The van der Waals surface area contributed by atoms with E-state index >= 15 is 0 Å². The van der Waals surface area contributed by atoms with E-state index in [1.165, 1.54) is 64.5 Å². The molecule has 3 atom stereocenters. The standard InChI is InChI=1S/C18H37N/c1-5-7-16-9-11-18(14-19-12-6-2)17(13-16)10-8-15(3)4/h15-19H,5-14H2,1-4H3. The summed E-state index contributed by atoms with van der Waals surface area (Å²) in [5, 5.41) is 3.67. The molecule has 0 radical (unpaired) electrons. The van der Waals surface area contributed by atoms with Gasteiger partial charge >= 0.3 is 0 Å². The van der Waals surface area contributed by atoms with Gasteiger partial charge in [0, 0.05) is 0 Å². The van der Waals surface area contributed by atoms with E-state index in [4.69, 9.17) is 0 Å². The Kier molecular flexibility index (Phi) is 8.77. The maximum atomic E-state index is 3.67. The number of rotatable bonds is 9. The monoisotopic (exact) mass is 267 g/mol. The topological polar surface area (TPSA) is 12.0 Å². The Morgan fingerprint density at radius 3 is 2.42 bits per heavy atom. The molecule has 1 aliphatic rings. The third-order valence-electron chi connectivity index (χ3n) is 4.89. The molecule has 1 fully saturated rings. The fourth-order valence-electron chi connectivity index (χ4n) is 3.73. The molecule has 1 saturated carbocycles. The molecule has 19 heavy (non-hydrogen) atoms. The zero-order chi connectivity index (χ0) is 14.1. The molecular formula is C18H37N. The van der Waals surface area contributed by atoms with E-state index in [1.807, 2.05) is 0 Å². The molecule has 0 bridgehead atoms. The molecule has 114 valence electrons. The first-order valence-corrected chi connectivity index (χ1v) is 8.88. The van der Waals surface area contributed by atoms with Crippen molar-refractivity contribution in [2.75, 3.05) is 13.1 Å². The molecule has 0 heterocycles. The van der Waals surface area contributed by atoms with Crippen LogP contribution in [0, 0.1) is 23.7 Å². The van der Waals surface area contributed by atoms with Crippen molar-refractivity contribution in [2.24, 2.45) is 23.7 Å². The molecule has 1 aliphatic carbocycles. The Balaban J connectivity index is 2.42. The third kappa shape index (κ3) is 6.79. The van der Waals surface area contributed by atoms with Gasteiger partial charge in [-0.25, -0.2) is 0 Å². The van der Waals surface area contributed by atoms with Crippen LogP contribution < -0.4 is 5.32 Å². The van der Waals surface area contributed by atoms with E-state index in [9.17, 15) is 0 Å². The van der Waals surface area contributed by atoms with Crippen LogP contribution in [-0.4, -0.2) is 13.1 Å². The van der Waals surface area contributed by atoms with Crippen molar-refractivity contribution >= 4 is 0 Å². The van der Waals surface area contributed by atoms with Crippen LogP contribution in [0.5, 0.6) is 0 Å². The first-order chi connectivity index (χ1) is 9.17. The lowest BCUT2D eigenvalue weighted by Gasteiger charge is -2.37.